The summed E-state index contributed by atoms with van der Waals surface area (Å²) < 4.78 is 42.8. The van der Waals surface area contributed by atoms with Gasteiger partial charge in [-0.1, -0.05) is 19.4 Å². The zero-order valence-corrected chi connectivity index (χ0v) is 22.5. The number of rotatable bonds is 7. The Hall–Kier alpha value is -2.27. The molecule has 0 radical (unpaired) electrons. The largest absolute Gasteiger partial charge is 0.493 e. The number of alkyl halides is 3. The minimum absolute atomic E-state index is 0.183. The minimum atomic E-state index is -5.08. The molecule has 1 aliphatic carbocycles. The molecule has 0 spiro atoms. The lowest BCUT2D eigenvalue weighted by Gasteiger charge is -2.47. The highest BCUT2D eigenvalue weighted by Gasteiger charge is 2.51. The molecule has 36 heavy (non-hydrogen) atoms. The number of hydrogen-bond donors (Lipinski definition) is 2. The number of unbranched alkanes of at least 4 members (excludes halogenated alkanes) is 1. The van der Waals surface area contributed by atoms with E-state index in [2.05, 4.69) is 54.3 Å². The monoisotopic (exact) mass is 533 g/mol. The molecule has 0 amide bonds. The van der Waals surface area contributed by atoms with Gasteiger partial charge >= 0.3 is 12.1 Å². The molecule has 2 fully saturated rings. The molecule has 1 saturated heterocycles. The first-order valence-corrected chi connectivity index (χ1v) is 12.6. The average Bonchev–Trinajstić information content (AvgIpc) is 3.19. The van der Waals surface area contributed by atoms with Crippen molar-refractivity contribution in [2.75, 3.05) is 41.4 Å². The van der Waals surface area contributed by atoms with Crippen LogP contribution >= 0.6 is 12.2 Å². The SMILES string of the molecule is CCCCNC(=S)N(C)[C@@H]1CC[C@@]2(c3ccc(OC)c(OC)c3)CCN(C)[C@H]2C1.O=C(O)C(F)(F)F. The summed E-state index contributed by atoms with van der Waals surface area (Å²) in [5, 5.41) is 11.5. The van der Waals surface area contributed by atoms with Gasteiger partial charge in [0, 0.05) is 31.1 Å². The third kappa shape index (κ3) is 6.94. The molecule has 204 valence electrons. The number of likely N-dealkylation sites (tertiary alicyclic amines) is 1. The fraction of sp³-hybridized carbons (Fsp3) is 0.680. The van der Waals surface area contributed by atoms with E-state index in [-0.39, 0.29) is 5.41 Å². The van der Waals surface area contributed by atoms with Crippen molar-refractivity contribution >= 4 is 23.3 Å². The highest BCUT2D eigenvalue weighted by Crippen LogP contribution is 2.50. The molecule has 1 heterocycles. The quantitative estimate of drug-likeness (QED) is 0.394. The molecule has 1 aromatic rings. The standard InChI is InChI=1S/C23H37N3O2S.C2HF3O2/c1-6-7-13-24-22(29)26(3)18-10-11-23(12-14-25(2)21(23)16-18)17-8-9-19(27-4)20(15-17)28-5;3-2(4,5)1(6)7/h8-9,15,18,21H,6-7,10-14,16H2,1-5H3,(H,24,29);(H,6,7)/t18-,21+,23+;/m1./s1. The van der Waals surface area contributed by atoms with Crippen LogP contribution in [-0.4, -0.2) is 85.7 Å². The fourth-order valence-corrected chi connectivity index (χ4v) is 5.51. The topological polar surface area (TPSA) is 74.3 Å². The van der Waals surface area contributed by atoms with E-state index < -0.39 is 12.1 Å². The van der Waals surface area contributed by atoms with Crippen molar-refractivity contribution in [2.24, 2.45) is 0 Å². The molecule has 0 bridgehead atoms. The van der Waals surface area contributed by atoms with Crippen molar-refractivity contribution in [3.63, 3.8) is 0 Å². The Morgan fingerprint density at radius 2 is 1.92 bits per heavy atom. The Bertz CT molecular complexity index is 902. The van der Waals surface area contributed by atoms with E-state index in [0.717, 1.165) is 49.0 Å². The van der Waals surface area contributed by atoms with Crippen LogP contribution in [0.25, 0.3) is 0 Å². The summed E-state index contributed by atoms with van der Waals surface area (Å²) in [6.45, 7) is 4.30. The first kappa shape index (κ1) is 30.0. The number of aliphatic carboxylic acids is 1. The molecule has 11 heteroatoms. The number of hydrogen-bond acceptors (Lipinski definition) is 5. The number of carbonyl (C=O) groups is 1. The van der Waals surface area contributed by atoms with Gasteiger partial charge in [-0.25, -0.2) is 4.79 Å². The number of nitrogens with one attached hydrogen (secondary N) is 1. The summed E-state index contributed by atoms with van der Waals surface area (Å²) in [7, 11) is 7.84. The van der Waals surface area contributed by atoms with E-state index >= 15 is 0 Å². The van der Waals surface area contributed by atoms with Crippen LogP contribution in [0, 0.1) is 0 Å². The average molecular weight is 534 g/mol. The van der Waals surface area contributed by atoms with Crippen molar-refractivity contribution in [1.82, 2.24) is 15.1 Å². The van der Waals surface area contributed by atoms with Crippen LogP contribution in [0.4, 0.5) is 13.2 Å². The molecule has 7 nitrogen and oxygen atoms in total. The maximum absolute atomic E-state index is 10.6. The Labute approximate surface area is 216 Å². The third-order valence-corrected chi connectivity index (χ3v) is 7.81. The van der Waals surface area contributed by atoms with Gasteiger partial charge < -0.3 is 29.7 Å². The van der Waals surface area contributed by atoms with E-state index in [0.29, 0.717) is 12.1 Å². The Morgan fingerprint density at radius 3 is 2.47 bits per heavy atom. The lowest BCUT2D eigenvalue weighted by atomic mass is 9.65. The van der Waals surface area contributed by atoms with Crippen LogP contribution in [0.2, 0.25) is 0 Å². The number of thiocarbonyl (C=S) groups is 1. The van der Waals surface area contributed by atoms with Crippen molar-refractivity contribution in [3.05, 3.63) is 23.8 Å². The highest BCUT2D eigenvalue weighted by molar-refractivity contribution is 7.80. The highest BCUT2D eigenvalue weighted by atomic mass is 32.1. The number of halogens is 3. The molecule has 3 atom stereocenters. The second kappa shape index (κ2) is 12.8. The number of methoxy groups -OCH3 is 2. The first-order chi connectivity index (χ1) is 16.9. The maximum atomic E-state index is 10.6. The van der Waals surface area contributed by atoms with Gasteiger partial charge in [-0.2, -0.15) is 13.2 Å². The van der Waals surface area contributed by atoms with Crippen LogP contribution < -0.4 is 14.8 Å². The molecule has 2 N–H and O–H groups in total. The Balaban J connectivity index is 0.000000572. The number of nitrogens with zero attached hydrogens (tertiary/aromatic N) is 2. The normalized spacial score (nSPS) is 23.7. The van der Waals surface area contributed by atoms with Crippen LogP contribution in [0.3, 0.4) is 0 Å². The van der Waals surface area contributed by atoms with Gasteiger partial charge in [0.15, 0.2) is 16.6 Å². The van der Waals surface area contributed by atoms with Crippen LogP contribution in [-0.2, 0) is 10.2 Å². The van der Waals surface area contributed by atoms with Crippen molar-refractivity contribution in [3.8, 4) is 11.5 Å². The zero-order valence-electron chi connectivity index (χ0n) is 21.7. The van der Waals surface area contributed by atoms with E-state index in [1.54, 1.807) is 14.2 Å². The number of benzene rings is 1. The lowest BCUT2D eigenvalue weighted by molar-refractivity contribution is -0.192. The van der Waals surface area contributed by atoms with Gasteiger partial charge in [0.05, 0.1) is 14.2 Å². The van der Waals surface area contributed by atoms with Crippen molar-refractivity contribution < 1.29 is 32.5 Å². The number of fused-ring (bicyclic) bond motifs is 1. The molecular weight excluding hydrogens is 495 g/mol. The maximum Gasteiger partial charge on any atom is 0.490 e. The third-order valence-electron chi connectivity index (χ3n) is 7.38. The number of carboxylic acid groups (broad SMARTS) is 1. The van der Waals surface area contributed by atoms with Gasteiger partial charge in [-0.05, 0) is 75.6 Å². The summed E-state index contributed by atoms with van der Waals surface area (Å²) in [5.41, 5.74) is 1.57. The Kier molecular flexibility index (Phi) is 10.7. The minimum Gasteiger partial charge on any atom is -0.493 e. The number of ether oxygens (including phenoxy) is 2. The van der Waals surface area contributed by atoms with Crippen molar-refractivity contribution in [1.29, 1.82) is 0 Å². The molecule has 2 aliphatic rings. The van der Waals surface area contributed by atoms with Gasteiger partial charge in [0.1, 0.15) is 0 Å². The van der Waals surface area contributed by atoms with Gasteiger partial charge in [-0.3, -0.25) is 0 Å². The first-order valence-electron chi connectivity index (χ1n) is 12.1. The smallest absolute Gasteiger partial charge is 0.490 e. The summed E-state index contributed by atoms with van der Waals surface area (Å²) in [5.74, 6) is -1.13. The Morgan fingerprint density at radius 1 is 1.28 bits per heavy atom. The van der Waals surface area contributed by atoms with Gasteiger partial charge in [0.2, 0.25) is 0 Å². The van der Waals surface area contributed by atoms with E-state index in [4.69, 9.17) is 31.6 Å². The summed E-state index contributed by atoms with van der Waals surface area (Å²) in [4.78, 5) is 13.7. The molecule has 1 aromatic carbocycles. The summed E-state index contributed by atoms with van der Waals surface area (Å²) >= 11 is 5.67. The van der Waals surface area contributed by atoms with E-state index in [1.807, 2.05) is 0 Å². The zero-order chi connectivity index (χ0) is 27.1. The van der Waals surface area contributed by atoms with Crippen LogP contribution in [0.5, 0.6) is 11.5 Å². The predicted molar refractivity (Wildman–Crippen MR) is 137 cm³/mol. The summed E-state index contributed by atoms with van der Waals surface area (Å²) in [6, 6.07) is 7.50. The number of likely N-dealkylation sites (N-methyl/N-ethyl adjacent to an activating group) is 1. The van der Waals surface area contributed by atoms with Crippen LogP contribution in [0.1, 0.15) is 51.0 Å². The number of carboxylic acids is 1. The van der Waals surface area contributed by atoms with Gasteiger partial charge in [-0.15, -0.1) is 0 Å². The summed E-state index contributed by atoms with van der Waals surface area (Å²) in [6.07, 6.45) is 1.92. The second-order valence-electron chi connectivity index (χ2n) is 9.40. The second-order valence-corrected chi connectivity index (χ2v) is 9.79. The predicted octanol–water partition coefficient (Wildman–Crippen LogP) is 4.44. The lowest BCUT2D eigenvalue weighted by Crippen LogP contribution is -2.53. The van der Waals surface area contributed by atoms with E-state index in [1.165, 1.54) is 24.8 Å². The van der Waals surface area contributed by atoms with Crippen LogP contribution in [0.15, 0.2) is 18.2 Å². The van der Waals surface area contributed by atoms with E-state index in [9.17, 15) is 13.2 Å². The van der Waals surface area contributed by atoms with Gasteiger partial charge in [0.25, 0.3) is 0 Å². The molecule has 0 unspecified atom stereocenters. The molecular formula is C25H38F3N3O4S. The molecule has 3 rings (SSSR count). The van der Waals surface area contributed by atoms with Crippen molar-refractivity contribution in [2.45, 2.75) is 69.1 Å². The molecule has 1 saturated carbocycles. The fourth-order valence-electron chi connectivity index (χ4n) is 5.26. The molecule has 0 aromatic heterocycles. The molecule has 1 aliphatic heterocycles.